The van der Waals surface area contributed by atoms with Gasteiger partial charge in [-0.25, -0.2) is 4.79 Å². The molecule has 1 heterocycles. The normalized spacial score (nSPS) is 11.4. The van der Waals surface area contributed by atoms with Gasteiger partial charge in [-0.15, -0.1) is 0 Å². The van der Waals surface area contributed by atoms with Crippen molar-refractivity contribution < 1.29 is 24.2 Å². The van der Waals surface area contributed by atoms with E-state index in [0.29, 0.717) is 0 Å². The maximum absolute atomic E-state index is 11.9. The molecule has 0 aliphatic rings. The lowest BCUT2D eigenvalue weighted by Gasteiger charge is -2.14. The number of carboxylic acid groups (broad SMARTS) is 1. The van der Waals surface area contributed by atoms with Crippen molar-refractivity contribution in [1.29, 1.82) is 0 Å². The topological polar surface area (TPSA) is 132 Å². The van der Waals surface area contributed by atoms with Gasteiger partial charge in [0.05, 0.1) is 25.3 Å². The Morgan fingerprint density at radius 1 is 1.53 bits per heavy atom. The maximum Gasteiger partial charge on any atom is 0.326 e. The Labute approximate surface area is 108 Å². The van der Waals surface area contributed by atoms with Crippen LogP contribution in [0.4, 0.5) is 0 Å². The number of rotatable bonds is 6. The molecule has 0 aliphatic carbocycles. The lowest BCUT2D eigenvalue weighted by atomic mass is 10.1. The number of primary amides is 1. The number of aromatic nitrogens is 1. The molecular weight excluding hydrogens is 254 g/mol. The molecule has 8 nitrogen and oxygen atoms in total. The first-order chi connectivity index (χ1) is 8.95. The molecule has 8 heteroatoms. The van der Waals surface area contributed by atoms with Gasteiger partial charge in [0.2, 0.25) is 5.91 Å². The molecular formula is C11H13N3O5. The van der Waals surface area contributed by atoms with Crippen LogP contribution in [-0.4, -0.2) is 41.0 Å². The van der Waals surface area contributed by atoms with E-state index in [4.69, 9.17) is 15.6 Å². The van der Waals surface area contributed by atoms with Crippen molar-refractivity contribution in [3.8, 4) is 5.75 Å². The Morgan fingerprint density at radius 2 is 2.21 bits per heavy atom. The molecule has 1 atom stereocenters. The second-order valence-corrected chi connectivity index (χ2v) is 3.61. The third kappa shape index (κ3) is 3.95. The van der Waals surface area contributed by atoms with Crippen LogP contribution >= 0.6 is 0 Å². The maximum atomic E-state index is 11.9. The molecule has 1 rings (SSSR count). The van der Waals surface area contributed by atoms with Gasteiger partial charge in [0.1, 0.15) is 11.8 Å². The van der Waals surface area contributed by atoms with E-state index < -0.39 is 30.2 Å². The monoisotopic (exact) mass is 267 g/mol. The van der Waals surface area contributed by atoms with E-state index in [1.165, 1.54) is 25.6 Å². The number of pyridine rings is 1. The zero-order valence-electron chi connectivity index (χ0n) is 10.1. The summed E-state index contributed by atoms with van der Waals surface area (Å²) in [6.07, 6.45) is 2.19. The van der Waals surface area contributed by atoms with Crippen LogP contribution in [-0.2, 0) is 9.59 Å². The van der Waals surface area contributed by atoms with Gasteiger partial charge in [-0.1, -0.05) is 0 Å². The Bertz CT molecular complexity index is 503. The van der Waals surface area contributed by atoms with Crippen LogP contribution in [0.5, 0.6) is 5.75 Å². The van der Waals surface area contributed by atoms with Crippen molar-refractivity contribution in [2.75, 3.05) is 7.11 Å². The second-order valence-electron chi connectivity index (χ2n) is 3.61. The van der Waals surface area contributed by atoms with E-state index >= 15 is 0 Å². The lowest BCUT2D eigenvalue weighted by molar-refractivity contribution is -0.140. The van der Waals surface area contributed by atoms with Gasteiger partial charge in [0, 0.05) is 6.20 Å². The molecule has 0 radical (unpaired) electrons. The molecule has 0 aromatic carbocycles. The molecule has 0 bridgehead atoms. The lowest BCUT2D eigenvalue weighted by Crippen LogP contribution is -2.43. The molecule has 1 aromatic heterocycles. The highest BCUT2D eigenvalue weighted by atomic mass is 16.5. The number of methoxy groups -OCH3 is 1. The fourth-order valence-corrected chi connectivity index (χ4v) is 1.37. The summed E-state index contributed by atoms with van der Waals surface area (Å²) in [5.74, 6) is -2.66. The summed E-state index contributed by atoms with van der Waals surface area (Å²) >= 11 is 0. The van der Waals surface area contributed by atoms with Gasteiger partial charge in [-0.05, 0) is 6.07 Å². The Balaban J connectivity index is 2.87. The van der Waals surface area contributed by atoms with E-state index in [1.54, 1.807) is 0 Å². The average Bonchev–Trinajstić information content (AvgIpc) is 2.37. The first kappa shape index (κ1) is 14.4. The highest BCUT2D eigenvalue weighted by Gasteiger charge is 2.24. The van der Waals surface area contributed by atoms with E-state index in [0.717, 1.165) is 0 Å². The van der Waals surface area contributed by atoms with Crippen molar-refractivity contribution in [1.82, 2.24) is 10.3 Å². The SMILES string of the molecule is COc1cnccc1C(=O)N[C@@H](CC(N)=O)C(=O)O. The third-order valence-electron chi connectivity index (χ3n) is 2.26. The van der Waals surface area contributed by atoms with Crippen molar-refractivity contribution in [2.45, 2.75) is 12.5 Å². The van der Waals surface area contributed by atoms with Crippen LogP contribution in [0.3, 0.4) is 0 Å². The average molecular weight is 267 g/mol. The summed E-state index contributed by atoms with van der Waals surface area (Å²) in [7, 11) is 1.35. The van der Waals surface area contributed by atoms with Crippen LogP contribution in [0.2, 0.25) is 0 Å². The number of carboxylic acids is 1. The van der Waals surface area contributed by atoms with E-state index in [-0.39, 0.29) is 11.3 Å². The van der Waals surface area contributed by atoms with Crippen LogP contribution < -0.4 is 15.8 Å². The van der Waals surface area contributed by atoms with Crippen LogP contribution in [0, 0.1) is 0 Å². The predicted octanol–water partition coefficient (Wildman–Crippen LogP) is -0.851. The number of carbonyl (C=O) groups is 3. The number of ether oxygens (including phenoxy) is 1. The van der Waals surface area contributed by atoms with E-state index in [2.05, 4.69) is 10.3 Å². The summed E-state index contributed by atoms with van der Waals surface area (Å²) in [6, 6.07) is -0.0139. The molecule has 0 unspecified atom stereocenters. The molecule has 1 aromatic rings. The number of nitrogens with zero attached hydrogens (tertiary/aromatic N) is 1. The summed E-state index contributed by atoms with van der Waals surface area (Å²) in [4.78, 5) is 37.3. The van der Waals surface area contributed by atoms with Gasteiger partial charge in [0.25, 0.3) is 5.91 Å². The van der Waals surface area contributed by atoms with E-state index in [1.807, 2.05) is 0 Å². The van der Waals surface area contributed by atoms with Crippen molar-refractivity contribution >= 4 is 17.8 Å². The highest BCUT2D eigenvalue weighted by molar-refractivity contribution is 5.99. The summed E-state index contributed by atoms with van der Waals surface area (Å²) in [5, 5.41) is 11.1. The van der Waals surface area contributed by atoms with Crippen molar-refractivity contribution in [2.24, 2.45) is 5.73 Å². The Morgan fingerprint density at radius 3 is 2.74 bits per heavy atom. The predicted molar refractivity (Wildman–Crippen MR) is 63.5 cm³/mol. The van der Waals surface area contributed by atoms with Gasteiger partial charge in [-0.2, -0.15) is 0 Å². The molecule has 102 valence electrons. The summed E-state index contributed by atoms with van der Waals surface area (Å²) in [5.41, 5.74) is 5.03. The molecule has 0 fully saturated rings. The zero-order valence-corrected chi connectivity index (χ0v) is 10.1. The molecule has 0 spiro atoms. The molecule has 4 N–H and O–H groups in total. The minimum absolute atomic E-state index is 0.119. The van der Waals surface area contributed by atoms with E-state index in [9.17, 15) is 14.4 Å². The molecule has 0 aliphatic heterocycles. The van der Waals surface area contributed by atoms with Crippen LogP contribution in [0.15, 0.2) is 18.5 Å². The molecule has 19 heavy (non-hydrogen) atoms. The number of nitrogens with two attached hydrogens (primary N) is 1. The highest BCUT2D eigenvalue weighted by Crippen LogP contribution is 2.15. The number of carbonyl (C=O) groups excluding carboxylic acids is 2. The minimum Gasteiger partial charge on any atom is -0.494 e. The van der Waals surface area contributed by atoms with Crippen LogP contribution in [0.25, 0.3) is 0 Å². The number of hydrogen-bond acceptors (Lipinski definition) is 5. The third-order valence-corrected chi connectivity index (χ3v) is 2.26. The Hall–Kier alpha value is -2.64. The standard InChI is InChI=1S/C11H13N3O5/c1-19-8-5-13-3-2-6(8)10(16)14-7(11(17)18)4-9(12)15/h2-3,5,7H,4H2,1H3,(H2,12,15)(H,14,16)(H,17,18)/t7-/m0/s1. The molecule has 2 amide bonds. The second kappa shape index (κ2) is 6.34. The van der Waals surface area contributed by atoms with Crippen molar-refractivity contribution in [3.63, 3.8) is 0 Å². The smallest absolute Gasteiger partial charge is 0.326 e. The summed E-state index contributed by atoms with van der Waals surface area (Å²) in [6.45, 7) is 0. The summed E-state index contributed by atoms with van der Waals surface area (Å²) < 4.78 is 4.93. The van der Waals surface area contributed by atoms with Gasteiger partial charge in [0.15, 0.2) is 0 Å². The number of nitrogens with one attached hydrogen (secondary N) is 1. The largest absolute Gasteiger partial charge is 0.494 e. The quantitative estimate of drug-likeness (QED) is 0.615. The van der Waals surface area contributed by atoms with Crippen molar-refractivity contribution in [3.05, 3.63) is 24.0 Å². The first-order valence-electron chi connectivity index (χ1n) is 5.25. The zero-order chi connectivity index (χ0) is 14.4. The first-order valence-corrected chi connectivity index (χ1v) is 5.25. The molecule has 0 saturated carbocycles. The number of aliphatic carboxylic acids is 1. The fraction of sp³-hybridized carbons (Fsp3) is 0.273. The number of hydrogen-bond donors (Lipinski definition) is 3. The minimum atomic E-state index is -1.39. The van der Waals surface area contributed by atoms with Gasteiger partial charge < -0.3 is 20.9 Å². The number of amides is 2. The Kier molecular flexibility index (Phi) is 4.81. The van der Waals surface area contributed by atoms with Gasteiger partial charge in [-0.3, -0.25) is 14.6 Å². The fourth-order valence-electron chi connectivity index (χ4n) is 1.37. The molecule has 0 saturated heterocycles. The van der Waals surface area contributed by atoms with Crippen LogP contribution in [0.1, 0.15) is 16.8 Å². The van der Waals surface area contributed by atoms with Gasteiger partial charge >= 0.3 is 5.97 Å².